The third-order valence-electron chi connectivity index (χ3n) is 4.91. The Morgan fingerprint density at radius 3 is 2.56 bits per heavy atom. The molecule has 0 aromatic carbocycles. The fraction of sp³-hybridized carbons (Fsp3) is 0.812. The fourth-order valence-corrected chi connectivity index (χ4v) is 6.11. The van der Waals surface area contributed by atoms with E-state index >= 15 is 0 Å². The Kier molecular flexibility index (Phi) is 5.43. The maximum atomic E-state index is 12.9. The molecule has 0 radical (unpaired) electrons. The van der Waals surface area contributed by atoms with E-state index in [9.17, 15) is 13.2 Å². The second-order valence-corrected chi connectivity index (χ2v) is 10.3. The van der Waals surface area contributed by atoms with Crippen LogP contribution in [0.2, 0.25) is 0 Å². The van der Waals surface area contributed by atoms with Gasteiger partial charge in [-0.3, -0.25) is 4.79 Å². The van der Waals surface area contributed by atoms with Crippen LogP contribution in [0.15, 0.2) is 5.16 Å². The average Bonchev–Trinajstić information content (AvgIpc) is 3.24. The number of carbonyl (C=O) groups excluding carboxylic acids is 1. The van der Waals surface area contributed by atoms with Gasteiger partial charge in [-0.15, -0.1) is 10.2 Å². The highest BCUT2D eigenvalue weighted by Gasteiger charge is 2.36. The first-order chi connectivity index (χ1) is 11.9. The normalized spacial score (nSPS) is 23.6. The van der Waals surface area contributed by atoms with E-state index in [2.05, 4.69) is 21.7 Å². The molecule has 0 spiro atoms. The molecule has 1 aliphatic carbocycles. The van der Waals surface area contributed by atoms with Gasteiger partial charge in [0.2, 0.25) is 5.91 Å². The largest absolute Gasteiger partial charge is 0.338 e. The van der Waals surface area contributed by atoms with E-state index in [-0.39, 0.29) is 28.7 Å². The third kappa shape index (κ3) is 4.02. The van der Waals surface area contributed by atoms with Gasteiger partial charge in [0.1, 0.15) is 5.82 Å². The SMILES string of the molecule is CCN(C(=O)[C@@H](C)Sc1nnc(C2CC2)n1CC)[C@@H]1CCS(=O)(=O)C1. The first kappa shape index (κ1) is 18.7. The monoisotopic (exact) mass is 386 g/mol. The summed E-state index contributed by atoms with van der Waals surface area (Å²) in [7, 11) is -3.01. The number of amides is 1. The van der Waals surface area contributed by atoms with Gasteiger partial charge in [-0.1, -0.05) is 11.8 Å². The molecule has 1 aromatic heterocycles. The van der Waals surface area contributed by atoms with E-state index < -0.39 is 9.84 Å². The summed E-state index contributed by atoms with van der Waals surface area (Å²) in [6.07, 6.45) is 2.87. The predicted octanol–water partition coefficient (Wildman–Crippen LogP) is 1.69. The van der Waals surface area contributed by atoms with Gasteiger partial charge in [0.15, 0.2) is 15.0 Å². The molecule has 7 nitrogen and oxygen atoms in total. The van der Waals surface area contributed by atoms with E-state index in [1.54, 1.807) is 4.90 Å². The molecular formula is C16H26N4O3S2. The number of sulfone groups is 1. The Hall–Kier alpha value is -1.09. The average molecular weight is 387 g/mol. The minimum atomic E-state index is -3.01. The number of nitrogens with zero attached hydrogens (tertiary/aromatic N) is 4. The van der Waals surface area contributed by atoms with Crippen LogP contribution < -0.4 is 0 Å². The standard InChI is InChI=1S/C16H26N4O3S2/c1-4-19(13-8-9-25(22,23)10-13)15(21)11(3)24-16-18-17-14(12-6-7-12)20(16)5-2/h11-13H,4-10H2,1-3H3/t11-,13-/m1/s1. The zero-order valence-electron chi connectivity index (χ0n) is 15.0. The van der Waals surface area contributed by atoms with Crippen molar-refractivity contribution in [1.29, 1.82) is 0 Å². The fourth-order valence-electron chi connectivity index (χ4n) is 3.39. The van der Waals surface area contributed by atoms with Gasteiger partial charge in [-0.25, -0.2) is 8.42 Å². The van der Waals surface area contributed by atoms with Gasteiger partial charge in [-0.2, -0.15) is 0 Å². The number of carbonyl (C=O) groups is 1. The first-order valence-corrected chi connectivity index (χ1v) is 11.7. The Bertz CT molecular complexity index is 743. The Balaban J connectivity index is 1.69. The van der Waals surface area contributed by atoms with Crippen LogP contribution in [0.3, 0.4) is 0 Å². The number of hydrogen-bond donors (Lipinski definition) is 0. The number of aromatic nitrogens is 3. The summed E-state index contributed by atoms with van der Waals surface area (Å²) >= 11 is 1.42. The van der Waals surface area contributed by atoms with Gasteiger partial charge in [0.25, 0.3) is 0 Å². The summed E-state index contributed by atoms with van der Waals surface area (Å²) in [5.41, 5.74) is 0. The van der Waals surface area contributed by atoms with E-state index in [1.807, 2.05) is 13.8 Å². The Labute approximate surface area is 153 Å². The molecule has 1 amide bonds. The van der Waals surface area contributed by atoms with Crippen molar-refractivity contribution in [3.05, 3.63) is 5.82 Å². The van der Waals surface area contributed by atoms with E-state index in [4.69, 9.17) is 0 Å². The lowest BCUT2D eigenvalue weighted by Gasteiger charge is -2.29. The van der Waals surface area contributed by atoms with Crippen molar-refractivity contribution in [2.75, 3.05) is 18.1 Å². The number of thioether (sulfide) groups is 1. The molecule has 3 rings (SSSR count). The van der Waals surface area contributed by atoms with Gasteiger partial charge in [0.05, 0.1) is 16.8 Å². The van der Waals surface area contributed by atoms with Crippen LogP contribution in [-0.4, -0.2) is 63.3 Å². The number of rotatable bonds is 7. The Morgan fingerprint density at radius 2 is 2.04 bits per heavy atom. The highest BCUT2D eigenvalue weighted by Crippen LogP contribution is 2.40. The summed E-state index contributed by atoms with van der Waals surface area (Å²) in [5, 5.41) is 9.06. The predicted molar refractivity (Wildman–Crippen MR) is 97.4 cm³/mol. The smallest absolute Gasteiger partial charge is 0.236 e. The molecule has 2 heterocycles. The lowest BCUT2D eigenvalue weighted by atomic mass is 10.2. The molecule has 1 saturated carbocycles. The van der Waals surface area contributed by atoms with Crippen LogP contribution in [0.1, 0.15) is 51.8 Å². The van der Waals surface area contributed by atoms with Crippen molar-refractivity contribution >= 4 is 27.5 Å². The molecule has 2 atom stereocenters. The van der Waals surface area contributed by atoms with Crippen LogP contribution in [-0.2, 0) is 21.2 Å². The first-order valence-electron chi connectivity index (χ1n) is 8.97. The van der Waals surface area contributed by atoms with Gasteiger partial charge in [-0.05, 0) is 40.0 Å². The molecule has 9 heteroatoms. The molecule has 1 aromatic rings. The number of hydrogen-bond acceptors (Lipinski definition) is 6. The van der Waals surface area contributed by atoms with Crippen LogP contribution in [0.25, 0.3) is 0 Å². The van der Waals surface area contributed by atoms with Crippen LogP contribution in [0.4, 0.5) is 0 Å². The molecule has 1 aliphatic heterocycles. The van der Waals surface area contributed by atoms with E-state index in [0.717, 1.165) is 30.4 Å². The molecule has 25 heavy (non-hydrogen) atoms. The molecule has 0 bridgehead atoms. The van der Waals surface area contributed by atoms with Crippen molar-refractivity contribution in [1.82, 2.24) is 19.7 Å². The lowest BCUT2D eigenvalue weighted by Crippen LogP contribution is -2.44. The van der Waals surface area contributed by atoms with Crippen molar-refractivity contribution in [2.45, 2.75) is 68.9 Å². The second kappa shape index (κ2) is 7.26. The zero-order chi connectivity index (χ0) is 18.2. The molecular weight excluding hydrogens is 360 g/mol. The van der Waals surface area contributed by atoms with Crippen molar-refractivity contribution in [3.63, 3.8) is 0 Å². The van der Waals surface area contributed by atoms with Gasteiger partial charge >= 0.3 is 0 Å². The van der Waals surface area contributed by atoms with Crippen molar-refractivity contribution in [3.8, 4) is 0 Å². The third-order valence-corrected chi connectivity index (χ3v) is 7.73. The minimum absolute atomic E-state index is 0.0202. The van der Waals surface area contributed by atoms with Crippen molar-refractivity contribution in [2.24, 2.45) is 0 Å². The molecule has 1 saturated heterocycles. The highest BCUT2D eigenvalue weighted by atomic mass is 32.2. The highest BCUT2D eigenvalue weighted by molar-refractivity contribution is 8.00. The lowest BCUT2D eigenvalue weighted by molar-refractivity contribution is -0.131. The van der Waals surface area contributed by atoms with Crippen LogP contribution in [0.5, 0.6) is 0 Å². The second-order valence-electron chi connectivity index (χ2n) is 6.80. The van der Waals surface area contributed by atoms with Crippen LogP contribution >= 0.6 is 11.8 Å². The minimum Gasteiger partial charge on any atom is -0.338 e. The van der Waals surface area contributed by atoms with Crippen LogP contribution in [0, 0.1) is 0 Å². The summed E-state index contributed by atoms with van der Waals surface area (Å²) in [6.45, 7) is 7.15. The molecule has 2 fully saturated rings. The summed E-state index contributed by atoms with van der Waals surface area (Å²) in [6, 6.07) is -0.198. The summed E-state index contributed by atoms with van der Waals surface area (Å²) in [4.78, 5) is 14.6. The molecule has 0 unspecified atom stereocenters. The van der Waals surface area contributed by atoms with E-state index in [1.165, 1.54) is 11.8 Å². The molecule has 2 aliphatic rings. The maximum absolute atomic E-state index is 12.9. The Morgan fingerprint density at radius 1 is 1.32 bits per heavy atom. The summed E-state index contributed by atoms with van der Waals surface area (Å²) in [5.74, 6) is 1.79. The maximum Gasteiger partial charge on any atom is 0.236 e. The molecule has 140 valence electrons. The quantitative estimate of drug-likeness (QED) is 0.663. The van der Waals surface area contributed by atoms with Crippen molar-refractivity contribution < 1.29 is 13.2 Å². The van der Waals surface area contributed by atoms with Gasteiger partial charge < -0.3 is 9.47 Å². The summed E-state index contributed by atoms with van der Waals surface area (Å²) < 4.78 is 25.6. The zero-order valence-corrected chi connectivity index (χ0v) is 16.6. The molecule has 0 N–H and O–H groups in total. The van der Waals surface area contributed by atoms with Gasteiger partial charge in [0, 0.05) is 25.0 Å². The topological polar surface area (TPSA) is 85.2 Å². The van der Waals surface area contributed by atoms with E-state index in [0.29, 0.717) is 18.9 Å².